The molecule has 0 aromatic carbocycles. The average molecular weight is 1300 g/mol. The molecular weight excluding hydrogens is 1160 g/mol. The van der Waals surface area contributed by atoms with E-state index >= 15 is 0 Å². The number of hydrogen-bond acceptors (Lipinski definition) is 15. The summed E-state index contributed by atoms with van der Waals surface area (Å²) in [6.45, 7) is 9.47. The first-order valence-corrected chi connectivity index (χ1v) is 39.0. The van der Waals surface area contributed by atoms with Crippen LogP contribution in [0.4, 0.5) is 0 Å². The van der Waals surface area contributed by atoms with Gasteiger partial charge in [-0.1, -0.05) is 298 Å². The van der Waals surface area contributed by atoms with Crippen molar-refractivity contribution < 1.29 is 80.2 Å². The lowest BCUT2D eigenvalue weighted by atomic mass is 10.0. The first-order chi connectivity index (χ1) is 42.4. The van der Waals surface area contributed by atoms with Crippen LogP contribution in [0.15, 0.2) is 0 Å². The molecule has 0 aliphatic carbocycles. The molecule has 0 rings (SSSR count). The lowest BCUT2D eigenvalue weighted by molar-refractivity contribution is -0.161. The number of phosphoric ester groups is 2. The normalized spacial score (nSPS) is 14.2. The quantitative estimate of drug-likeness (QED) is 0.0222. The van der Waals surface area contributed by atoms with Crippen LogP contribution in [0.3, 0.4) is 0 Å². The number of phosphoric acid groups is 2. The van der Waals surface area contributed by atoms with Gasteiger partial charge in [0.25, 0.3) is 0 Å². The van der Waals surface area contributed by atoms with E-state index in [1.54, 1.807) is 0 Å². The van der Waals surface area contributed by atoms with Gasteiger partial charge < -0.3 is 33.8 Å². The van der Waals surface area contributed by atoms with Crippen molar-refractivity contribution in [1.29, 1.82) is 0 Å². The highest BCUT2D eigenvalue weighted by Gasteiger charge is 2.30. The number of aliphatic hydroxyl groups excluding tert-OH is 1. The number of ether oxygens (including phenoxy) is 4. The zero-order valence-corrected chi connectivity index (χ0v) is 58.8. The van der Waals surface area contributed by atoms with Crippen molar-refractivity contribution in [3.8, 4) is 0 Å². The van der Waals surface area contributed by atoms with E-state index in [-0.39, 0.29) is 25.7 Å². The molecule has 0 radical (unpaired) electrons. The SMILES string of the molecule is CCCCCCCCCCCCCCCCCC(=O)OC[C@H](COP(=O)(O)OC[C@@H](O)COP(=O)(O)OC[C@@H](COC(=O)CCCCCCCCC)OC(=O)CCCCCCCCCCC(C)C)OC(=O)CCCCCCCCCCCCCCC(C)C. The van der Waals surface area contributed by atoms with Gasteiger partial charge in [0.2, 0.25) is 0 Å². The van der Waals surface area contributed by atoms with E-state index in [9.17, 15) is 43.2 Å². The van der Waals surface area contributed by atoms with Crippen LogP contribution in [-0.4, -0.2) is 96.7 Å². The Kier molecular flexibility index (Phi) is 59.9. The third-order valence-corrected chi connectivity index (χ3v) is 17.9. The van der Waals surface area contributed by atoms with Crippen LogP contribution in [0.2, 0.25) is 0 Å². The minimum atomic E-state index is -4.95. The molecule has 88 heavy (non-hydrogen) atoms. The molecule has 3 N–H and O–H groups in total. The largest absolute Gasteiger partial charge is 0.472 e. The first kappa shape index (κ1) is 86.1. The Morgan fingerprint density at radius 1 is 0.307 bits per heavy atom. The molecule has 0 aliphatic heterocycles. The predicted molar refractivity (Wildman–Crippen MR) is 354 cm³/mol. The van der Waals surface area contributed by atoms with Gasteiger partial charge in [0.1, 0.15) is 19.3 Å². The summed E-state index contributed by atoms with van der Waals surface area (Å²) < 4.78 is 68.1. The van der Waals surface area contributed by atoms with Crippen molar-refractivity contribution in [2.24, 2.45) is 11.8 Å². The summed E-state index contributed by atoms with van der Waals surface area (Å²) in [5.74, 6) is -0.635. The lowest BCUT2D eigenvalue weighted by Gasteiger charge is -2.21. The summed E-state index contributed by atoms with van der Waals surface area (Å²) in [6, 6.07) is 0. The zero-order valence-electron chi connectivity index (χ0n) is 57.0. The molecule has 0 saturated carbocycles. The summed E-state index contributed by atoms with van der Waals surface area (Å²) >= 11 is 0. The molecular formula is C69H134O17P2. The second-order valence-corrected chi connectivity index (χ2v) is 28.8. The monoisotopic (exact) mass is 1300 g/mol. The maximum atomic E-state index is 13.0. The summed E-state index contributed by atoms with van der Waals surface area (Å²) in [6.07, 6.45) is 45.9. The van der Waals surface area contributed by atoms with Gasteiger partial charge >= 0.3 is 39.5 Å². The number of unbranched alkanes of at least 4 members (excludes halogenated alkanes) is 38. The van der Waals surface area contributed by atoms with Crippen molar-refractivity contribution in [2.45, 2.75) is 368 Å². The molecule has 5 atom stereocenters. The van der Waals surface area contributed by atoms with E-state index in [4.69, 9.17) is 37.0 Å². The summed E-state index contributed by atoms with van der Waals surface area (Å²) in [4.78, 5) is 72.4. The maximum absolute atomic E-state index is 13.0. The molecule has 0 bridgehead atoms. The molecule has 0 aromatic heterocycles. The highest BCUT2D eigenvalue weighted by molar-refractivity contribution is 7.47. The number of aliphatic hydroxyl groups is 1. The van der Waals surface area contributed by atoms with E-state index in [0.717, 1.165) is 115 Å². The topological polar surface area (TPSA) is 237 Å². The van der Waals surface area contributed by atoms with Crippen LogP contribution in [0.1, 0.15) is 350 Å². The Bertz CT molecular complexity index is 1720. The van der Waals surface area contributed by atoms with E-state index < -0.39 is 97.5 Å². The number of rotatable bonds is 68. The third-order valence-electron chi connectivity index (χ3n) is 16.0. The predicted octanol–water partition coefficient (Wildman–Crippen LogP) is 19.6. The van der Waals surface area contributed by atoms with Crippen LogP contribution < -0.4 is 0 Å². The van der Waals surface area contributed by atoms with Crippen molar-refractivity contribution in [3.05, 3.63) is 0 Å². The van der Waals surface area contributed by atoms with Gasteiger partial charge in [-0.05, 0) is 37.5 Å². The highest BCUT2D eigenvalue weighted by atomic mass is 31.2. The van der Waals surface area contributed by atoms with E-state index in [0.29, 0.717) is 25.7 Å². The van der Waals surface area contributed by atoms with Crippen LogP contribution in [0.5, 0.6) is 0 Å². The average Bonchev–Trinajstić information content (AvgIpc) is 3.53. The molecule has 2 unspecified atom stereocenters. The smallest absolute Gasteiger partial charge is 0.462 e. The molecule has 522 valence electrons. The standard InChI is InChI=1S/C69H134O17P2/c1-7-9-11-13-15-16-17-18-19-20-24-27-34-40-46-52-67(72)80-58-65(85-68(73)53-47-41-35-28-25-22-21-23-26-32-37-43-49-61(3)4)60-84-88(77,78)82-56-63(70)55-81-87(75,76)83-59-64(57-79-66(71)51-45-39-31-14-12-10-8-2)86-69(74)54-48-42-36-30-29-33-38-44-50-62(5)6/h61-65,70H,7-60H2,1-6H3,(H,75,76)(H,77,78)/t63-,64+,65+/m0/s1. The Balaban J connectivity index is 5.21. The molecule has 0 fully saturated rings. The molecule has 0 aromatic rings. The van der Waals surface area contributed by atoms with Gasteiger partial charge in [-0.2, -0.15) is 0 Å². The minimum absolute atomic E-state index is 0.104. The Labute approximate surface area is 537 Å². The van der Waals surface area contributed by atoms with Crippen LogP contribution in [0, 0.1) is 11.8 Å². The van der Waals surface area contributed by atoms with Crippen molar-refractivity contribution in [2.75, 3.05) is 39.6 Å². The third kappa shape index (κ3) is 62.8. The van der Waals surface area contributed by atoms with Gasteiger partial charge in [0.15, 0.2) is 12.2 Å². The van der Waals surface area contributed by atoms with Gasteiger partial charge in [0.05, 0.1) is 26.4 Å². The van der Waals surface area contributed by atoms with Crippen molar-refractivity contribution >= 4 is 39.5 Å². The molecule has 0 amide bonds. The molecule has 0 spiro atoms. The van der Waals surface area contributed by atoms with E-state index in [1.165, 1.54) is 154 Å². The second-order valence-electron chi connectivity index (χ2n) is 25.9. The number of carbonyl (C=O) groups excluding carboxylic acids is 4. The Morgan fingerprint density at radius 3 is 0.773 bits per heavy atom. The number of carbonyl (C=O) groups is 4. The number of hydrogen-bond donors (Lipinski definition) is 3. The molecule has 17 nitrogen and oxygen atoms in total. The van der Waals surface area contributed by atoms with Gasteiger partial charge in [-0.15, -0.1) is 0 Å². The molecule has 0 aliphatic rings. The zero-order chi connectivity index (χ0) is 65.0. The minimum Gasteiger partial charge on any atom is -0.462 e. The molecule has 19 heteroatoms. The fraction of sp³-hybridized carbons (Fsp3) is 0.942. The van der Waals surface area contributed by atoms with Crippen LogP contribution >= 0.6 is 15.6 Å². The second kappa shape index (κ2) is 61.3. The van der Waals surface area contributed by atoms with Crippen LogP contribution in [0.25, 0.3) is 0 Å². The fourth-order valence-electron chi connectivity index (χ4n) is 10.4. The van der Waals surface area contributed by atoms with Crippen molar-refractivity contribution in [1.82, 2.24) is 0 Å². The Hall–Kier alpha value is -1.94. The summed E-state index contributed by atoms with van der Waals surface area (Å²) in [5, 5.41) is 10.6. The van der Waals surface area contributed by atoms with Crippen LogP contribution in [-0.2, 0) is 65.4 Å². The molecule has 0 saturated heterocycles. The summed E-state index contributed by atoms with van der Waals surface area (Å²) in [7, 11) is -9.89. The van der Waals surface area contributed by atoms with Gasteiger partial charge in [-0.25, -0.2) is 9.13 Å². The van der Waals surface area contributed by atoms with Gasteiger partial charge in [0, 0.05) is 25.7 Å². The van der Waals surface area contributed by atoms with Crippen molar-refractivity contribution in [3.63, 3.8) is 0 Å². The highest BCUT2D eigenvalue weighted by Crippen LogP contribution is 2.45. The number of esters is 4. The van der Waals surface area contributed by atoms with E-state index in [2.05, 4.69) is 41.5 Å². The lowest BCUT2D eigenvalue weighted by Crippen LogP contribution is -2.30. The first-order valence-electron chi connectivity index (χ1n) is 36.0. The summed E-state index contributed by atoms with van der Waals surface area (Å²) in [5.41, 5.74) is 0. The maximum Gasteiger partial charge on any atom is 0.472 e. The van der Waals surface area contributed by atoms with Gasteiger partial charge in [-0.3, -0.25) is 37.3 Å². The van der Waals surface area contributed by atoms with E-state index in [1.807, 2.05) is 0 Å². The molecule has 0 heterocycles. The fourth-order valence-corrected chi connectivity index (χ4v) is 12.0. The Morgan fingerprint density at radius 2 is 0.523 bits per heavy atom.